The number of aryl methyl sites for hydroxylation is 2. The highest BCUT2D eigenvalue weighted by molar-refractivity contribution is 6.10. The quantitative estimate of drug-likeness (QED) is 0.163. The highest BCUT2D eigenvalue weighted by atomic mass is 16.7. The van der Waals surface area contributed by atoms with Crippen molar-refractivity contribution in [2.45, 2.75) is 90.8 Å². The molecule has 3 aromatic heterocycles. The van der Waals surface area contributed by atoms with Gasteiger partial charge in [-0.15, -0.1) is 0 Å². The zero-order chi connectivity index (χ0) is 32.6. The van der Waals surface area contributed by atoms with Crippen LogP contribution >= 0.6 is 0 Å². The van der Waals surface area contributed by atoms with Crippen molar-refractivity contribution in [2.24, 2.45) is 7.05 Å². The number of hydrogen-bond donors (Lipinski definition) is 2. The number of aromatic nitrogens is 4. The van der Waals surface area contributed by atoms with E-state index in [0.29, 0.717) is 41.3 Å². The molecular weight excluding hydrogens is 580 g/mol. The van der Waals surface area contributed by atoms with Crippen LogP contribution in [0.5, 0.6) is 0 Å². The number of pyridine rings is 1. The number of nitrogens with one attached hydrogen (secondary N) is 2. The van der Waals surface area contributed by atoms with Crippen LogP contribution in [0.2, 0.25) is 0 Å². The lowest BCUT2D eigenvalue weighted by molar-refractivity contribution is -0.151. The van der Waals surface area contributed by atoms with Gasteiger partial charge in [-0.2, -0.15) is 0 Å². The van der Waals surface area contributed by atoms with Gasteiger partial charge in [-0.25, -0.2) is 19.8 Å². The van der Waals surface area contributed by atoms with Gasteiger partial charge in [0.1, 0.15) is 28.3 Å². The van der Waals surface area contributed by atoms with Crippen LogP contribution in [0, 0.1) is 0 Å². The molecule has 2 N–H and O–H groups in total. The van der Waals surface area contributed by atoms with E-state index >= 15 is 0 Å². The zero-order valence-corrected chi connectivity index (χ0v) is 27.3. The minimum Gasteiger partial charge on any atom is -0.442 e. The molecule has 2 aliphatic carbocycles. The third kappa shape index (κ3) is 6.76. The molecule has 14 heteroatoms. The molecule has 0 spiro atoms. The molecule has 0 aliphatic heterocycles. The number of hydrogen-bond acceptors (Lipinski definition) is 10. The monoisotopic (exact) mass is 624 g/mol. The molecule has 14 nitrogen and oxygen atoms in total. The van der Waals surface area contributed by atoms with Gasteiger partial charge in [0, 0.05) is 57.9 Å². The predicted molar refractivity (Wildman–Crippen MR) is 168 cm³/mol. The Labute approximate surface area is 262 Å². The summed E-state index contributed by atoms with van der Waals surface area (Å²) < 4.78 is 19.7. The first-order valence-electron chi connectivity index (χ1n) is 15.4. The van der Waals surface area contributed by atoms with Crippen molar-refractivity contribution < 1.29 is 28.6 Å². The zero-order valence-electron chi connectivity index (χ0n) is 27.3. The van der Waals surface area contributed by atoms with Gasteiger partial charge in [0.2, 0.25) is 12.1 Å². The van der Waals surface area contributed by atoms with Gasteiger partial charge in [0.25, 0.3) is 5.91 Å². The van der Waals surface area contributed by atoms with Crippen LogP contribution in [0.3, 0.4) is 0 Å². The first-order valence-corrected chi connectivity index (χ1v) is 15.4. The molecule has 3 heterocycles. The molecule has 2 saturated carbocycles. The molecule has 0 aromatic carbocycles. The molecule has 0 bridgehead atoms. The summed E-state index contributed by atoms with van der Waals surface area (Å²) in [6.07, 6.45) is 5.27. The third-order valence-corrected chi connectivity index (χ3v) is 7.74. The SMILES string of the molecule is CCN(NC(=CC(=O)C(OC)OC)Nc1nc2c(cc(C(=O)N(C3CC3)C3CC3)n2CC)c2c1ncn2C)C(=O)OC(C)(C)C. The fourth-order valence-electron chi connectivity index (χ4n) is 5.44. The minimum absolute atomic E-state index is 0.0265. The van der Waals surface area contributed by atoms with E-state index < -0.39 is 23.8 Å². The topological polar surface area (TPSA) is 145 Å². The number of anilines is 1. The van der Waals surface area contributed by atoms with Gasteiger partial charge in [-0.3, -0.25) is 15.0 Å². The third-order valence-electron chi connectivity index (χ3n) is 7.74. The van der Waals surface area contributed by atoms with Crippen molar-refractivity contribution in [1.82, 2.24) is 34.4 Å². The van der Waals surface area contributed by atoms with Crippen molar-refractivity contribution in [3.05, 3.63) is 30.0 Å². The van der Waals surface area contributed by atoms with E-state index in [0.717, 1.165) is 36.6 Å². The fourth-order valence-corrected chi connectivity index (χ4v) is 5.44. The van der Waals surface area contributed by atoms with E-state index in [1.165, 1.54) is 25.3 Å². The molecule has 45 heavy (non-hydrogen) atoms. The molecule has 5 rings (SSSR count). The van der Waals surface area contributed by atoms with Crippen molar-refractivity contribution >= 4 is 45.7 Å². The van der Waals surface area contributed by atoms with Gasteiger partial charge in [-0.1, -0.05) is 0 Å². The normalized spacial score (nSPS) is 15.5. The average Bonchev–Trinajstić information content (AvgIpc) is 3.92. The Morgan fingerprint density at radius 1 is 1.11 bits per heavy atom. The maximum Gasteiger partial charge on any atom is 0.429 e. The molecular formula is C31H44N8O6. The van der Waals surface area contributed by atoms with E-state index in [4.69, 9.17) is 19.2 Å². The summed E-state index contributed by atoms with van der Waals surface area (Å²) in [6, 6.07) is 2.53. The molecule has 0 unspecified atom stereocenters. The number of nitrogens with zero attached hydrogens (tertiary/aromatic N) is 6. The standard InChI is InChI=1S/C31H44N8O6/c1-9-37-21(28(41)39(18-11-12-18)19-13-14-19)15-20-25-24(32-17-36(25)6)26(34-27(20)37)33-23(16-22(40)29(43-7)44-8)35-38(10-2)30(42)45-31(3,4)5/h15-19,29,35H,9-14H2,1-8H3,(H,33,34). The summed E-state index contributed by atoms with van der Waals surface area (Å²) in [5.74, 6) is -0.0493. The molecule has 244 valence electrons. The molecule has 2 aliphatic rings. The summed E-state index contributed by atoms with van der Waals surface area (Å²) in [5.41, 5.74) is 4.71. The molecule has 3 aromatic rings. The Hall–Kier alpha value is -4.17. The first-order chi connectivity index (χ1) is 21.4. The number of hydrazine groups is 1. The summed E-state index contributed by atoms with van der Waals surface area (Å²) in [5, 5.41) is 5.21. The van der Waals surface area contributed by atoms with Crippen molar-refractivity contribution in [3.8, 4) is 0 Å². The number of carbonyl (C=O) groups is 3. The average molecular weight is 625 g/mol. The molecule has 0 atom stereocenters. The molecule has 2 amide bonds. The highest BCUT2D eigenvalue weighted by Crippen LogP contribution is 2.39. The van der Waals surface area contributed by atoms with Gasteiger partial charge in [0.15, 0.2) is 5.82 Å². The Bertz CT molecular complexity index is 1610. The second kappa shape index (κ2) is 12.7. The van der Waals surface area contributed by atoms with Crippen molar-refractivity contribution in [3.63, 3.8) is 0 Å². The molecule has 0 radical (unpaired) electrons. The van der Waals surface area contributed by atoms with Crippen LogP contribution in [-0.2, 0) is 32.6 Å². The van der Waals surface area contributed by atoms with E-state index in [9.17, 15) is 14.4 Å². The first kappa shape index (κ1) is 32.2. The summed E-state index contributed by atoms with van der Waals surface area (Å²) in [7, 11) is 4.60. The Morgan fingerprint density at radius 3 is 2.29 bits per heavy atom. The second-order valence-electron chi connectivity index (χ2n) is 12.4. The van der Waals surface area contributed by atoms with Crippen LogP contribution in [0.25, 0.3) is 22.1 Å². The van der Waals surface area contributed by atoms with E-state index in [1.54, 1.807) is 34.0 Å². The van der Waals surface area contributed by atoms with E-state index in [-0.39, 0.29) is 18.3 Å². The van der Waals surface area contributed by atoms with Crippen LogP contribution in [0.1, 0.15) is 70.8 Å². The number of ketones is 1. The Balaban J connectivity index is 1.59. The van der Waals surface area contributed by atoms with Gasteiger partial charge < -0.3 is 33.6 Å². The lowest BCUT2D eigenvalue weighted by atomic mass is 10.2. The van der Waals surface area contributed by atoms with E-state index in [2.05, 4.69) is 20.6 Å². The largest absolute Gasteiger partial charge is 0.442 e. The number of ether oxygens (including phenoxy) is 3. The lowest BCUT2D eigenvalue weighted by Crippen LogP contribution is -2.46. The summed E-state index contributed by atoms with van der Waals surface area (Å²) >= 11 is 0. The number of rotatable bonds is 13. The minimum atomic E-state index is -1.17. The van der Waals surface area contributed by atoms with Gasteiger partial charge >= 0.3 is 6.09 Å². The fraction of sp³-hybridized carbons (Fsp3) is 0.581. The number of imidazole rings is 1. The summed E-state index contributed by atoms with van der Waals surface area (Å²) in [6.45, 7) is 9.80. The smallest absolute Gasteiger partial charge is 0.429 e. The predicted octanol–water partition coefficient (Wildman–Crippen LogP) is 3.91. The van der Waals surface area contributed by atoms with Crippen LogP contribution in [0.15, 0.2) is 24.3 Å². The van der Waals surface area contributed by atoms with Gasteiger partial charge in [0.05, 0.1) is 11.8 Å². The molecule has 2 fully saturated rings. The maximum absolute atomic E-state index is 13.9. The number of methoxy groups -OCH3 is 2. The van der Waals surface area contributed by atoms with Crippen LogP contribution < -0.4 is 10.7 Å². The van der Waals surface area contributed by atoms with Crippen LogP contribution in [0.4, 0.5) is 10.6 Å². The lowest BCUT2D eigenvalue weighted by Gasteiger charge is -2.28. The maximum atomic E-state index is 13.9. The van der Waals surface area contributed by atoms with Crippen molar-refractivity contribution in [2.75, 3.05) is 26.1 Å². The molecule has 0 saturated heterocycles. The highest BCUT2D eigenvalue weighted by Gasteiger charge is 2.43. The number of carbonyl (C=O) groups excluding carboxylic acids is 3. The Kier molecular flexibility index (Phi) is 9.08. The number of amides is 2. The van der Waals surface area contributed by atoms with Gasteiger partial charge in [-0.05, 0) is 66.4 Å². The summed E-state index contributed by atoms with van der Waals surface area (Å²) in [4.78, 5) is 51.7. The number of fused-ring (bicyclic) bond motifs is 3. The van der Waals surface area contributed by atoms with Crippen LogP contribution in [-0.4, -0.2) is 91.5 Å². The Morgan fingerprint density at radius 2 is 1.76 bits per heavy atom. The van der Waals surface area contributed by atoms with Crippen molar-refractivity contribution in [1.29, 1.82) is 0 Å². The second-order valence-corrected chi connectivity index (χ2v) is 12.4. The van der Waals surface area contributed by atoms with E-state index in [1.807, 2.05) is 29.2 Å².